The highest BCUT2D eigenvalue weighted by molar-refractivity contribution is 5.94. The molecule has 0 N–H and O–H groups in total. The van der Waals surface area contributed by atoms with Gasteiger partial charge in [0.2, 0.25) is 0 Å². The minimum Gasteiger partial charge on any atom is -0.335 e. The second kappa shape index (κ2) is 4.43. The quantitative estimate of drug-likeness (QED) is 0.678. The maximum Gasteiger partial charge on any atom is 0.257 e. The van der Waals surface area contributed by atoms with Gasteiger partial charge in [-0.1, -0.05) is 12.2 Å². The summed E-state index contributed by atoms with van der Waals surface area (Å²) in [6.45, 7) is 5.06. The van der Waals surface area contributed by atoms with Gasteiger partial charge in [0.05, 0.1) is 11.8 Å². The Labute approximate surface area is 93.6 Å². The number of amides is 1. The Morgan fingerprint density at radius 2 is 2.38 bits per heavy atom. The van der Waals surface area contributed by atoms with Crippen molar-refractivity contribution in [1.82, 2.24) is 9.88 Å². The second-order valence-electron chi connectivity index (χ2n) is 3.94. The SMILES string of the molecule is C=C1CCCN(C(=O)c2ccncc2F)C1. The van der Waals surface area contributed by atoms with Gasteiger partial charge in [-0.05, 0) is 18.9 Å². The first-order chi connectivity index (χ1) is 7.68. The first-order valence-corrected chi connectivity index (χ1v) is 5.24. The number of carbonyl (C=O) groups excluding carboxylic acids is 1. The molecular weight excluding hydrogens is 207 g/mol. The van der Waals surface area contributed by atoms with E-state index in [0.29, 0.717) is 13.1 Å². The molecule has 0 saturated carbocycles. The molecule has 0 radical (unpaired) electrons. The molecular formula is C12H13FN2O. The van der Waals surface area contributed by atoms with Crippen LogP contribution in [0, 0.1) is 5.82 Å². The van der Waals surface area contributed by atoms with E-state index in [4.69, 9.17) is 0 Å². The highest BCUT2D eigenvalue weighted by Crippen LogP contribution is 2.17. The average Bonchev–Trinajstić information content (AvgIpc) is 2.29. The van der Waals surface area contributed by atoms with Crippen LogP contribution in [0.3, 0.4) is 0 Å². The summed E-state index contributed by atoms with van der Waals surface area (Å²) >= 11 is 0. The van der Waals surface area contributed by atoms with E-state index in [1.54, 1.807) is 4.90 Å². The molecule has 2 heterocycles. The minimum atomic E-state index is -0.566. The fourth-order valence-electron chi connectivity index (χ4n) is 1.84. The van der Waals surface area contributed by atoms with E-state index < -0.39 is 5.82 Å². The molecule has 1 saturated heterocycles. The Kier molecular flexibility index (Phi) is 2.99. The Morgan fingerprint density at radius 3 is 3.06 bits per heavy atom. The summed E-state index contributed by atoms with van der Waals surface area (Å²) in [5.41, 5.74) is 1.11. The fourth-order valence-corrected chi connectivity index (χ4v) is 1.84. The van der Waals surface area contributed by atoms with E-state index in [0.717, 1.165) is 24.6 Å². The molecule has 0 unspecified atom stereocenters. The monoisotopic (exact) mass is 220 g/mol. The molecule has 1 aromatic heterocycles. The lowest BCUT2D eigenvalue weighted by atomic mass is 10.1. The summed E-state index contributed by atoms with van der Waals surface area (Å²) in [5, 5.41) is 0. The van der Waals surface area contributed by atoms with Crippen LogP contribution in [0.4, 0.5) is 4.39 Å². The molecule has 84 valence electrons. The molecule has 3 nitrogen and oxygen atoms in total. The van der Waals surface area contributed by atoms with Gasteiger partial charge in [-0.2, -0.15) is 0 Å². The summed E-state index contributed by atoms with van der Waals surface area (Å²) in [6.07, 6.45) is 4.33. The maximum atomic E-state index is 13.4. The Balaban J connectivity index is 2.19. The van der Waals surface area contributed by atoms with Crippen molar-refractivity contribution in [3.05, 3.63) is 42.0 Å². The molecule has 1 aliphatic heterocycles. The van der Waals surface area contributed by atoms with Gasteiger partial charge in [-0.15, -0.1) is 0 Å². The number of pyridine rings is 1. The Bertz CT molecular complexity index is 431. The van der Waals surface area contributed by atoms with Crippen LogP contribution < -0.4 is 0 Å². The van der Waals surface area contributed by atoms with Gasteiger partial charge in [-0.3, -0.25) is 9.78 Å². The van der Waals surface area contributed by atoms with E-state index in [9.17, 15) is 9.18 Å². The van der Waals surface area contributed by atoms with E-state index in [1.165, 1.54) is 12.3 Å². The number of rotatable bonds is 1. The molecule has 16 heavy (non-hydrogen) atoms. The molecule has 0 spiro atoms. The zero-order valence-corrected chi connectivity index (χ0v) is 8.95. The molecule has 4 heteroatoms. The van der Waals surface area contributed by atoms with Crippen molar-refractivity contribution in [3.8, 4) is 0 Å². The van der Waals surface area contributed by atoms with Crippen molar-refractivity contribution < 1.29 is 9.18 Å². The van der Waals surface area contributed by atoms with Crippen molar-refractivity contribution in [1.29, 1.82) is 0 Å². The lowest BCUT2D eigenvalue weighted by Gasteiger charge is -2.28. The molecule has 0 bridgehead atoms. The van der Waals surface area contributed by atoms with Gasteiger partial charge < -0.3 is 4.90 Å². The standard InChI is InChI=1S/C12H13FN2O/c1-9-3-2-6-15(8-9)12(16)10-4-5-14-7-11(10)13/h4-5,7H,1-3,6,8H2. The van der Waals surface area contributed by atoms with Crippen LogP contribution in [0.5, 0.6) is 0 Å². The lowest BCUT2D eigenvalue weighted by Crippen LogP contribution is -2.37. The average molecular weight is 220 g/mol. The minimum absolute atomic E-state index is 0.0877. The number of halogens is 1. The number of aromatic nitrogens is 1. The molecule has 2 rings (SSSR count). The molecule has 1 aliphatic rings. The summed E-state index contributed by atoms with van der Waals surface area (Å²) in [4.78, 5) is 17.2. The number of carbonyl (C=O) groups is 1. The van der Waals surface area contributed by atoms with E-state index in [1.807, 2.05) is 0 Å². The van der Waals surface area contributed by atoms with Gasteiger partial charge in [0, 0.05) is 19.3 Å². The number of nitrogens with zero attached hydrogens (tertiary/aromatic N) is 2. The first-order valence-electron chi connectivity index (χ1n) is 5.24. The van der Waals surface area contributed by atoms with Gasteiger partial charge in [0.1, 0.15) is 0 Å². The number of likely N-dealkylation sites (tertiary alicyclic amines) is 1. The Hall–Kier alpha value is -1.71. The summed E-state index contributed by atoms with van der Waals surface area (Å²) in [7, 11) is 0. The first kappa shape index (κ1) is 10.8. The smallest absolute Gasteiger partial charge is 0.257 e. The van der Waals surface area contributed by atoms with Gasteiger partial charge in [0.15, 0.2) is 5.82 Å². The molecule has 0 aromatic carbocycles. The number of hydrogen-bond donors (Lipinski definition) is 0. The normalized spacial score (nSPS) is 16.3. The van der Waals surface area contributed by atoms with Crippen LogP contribution in [0.2, 0.25) is 0 Å². The van der Waals surface area contributed by atoms with Crippen LogP contribution in [0.15, 0.2) is 30.6 Å². The Morgan fingerprint density at radius 1 is 1.56 bits per heavy atom. The van der Waals surface area contributed by atoms with Crippen molar-refractivity contribution in [2.45, 2.75) is 12.8 Å². The summed E-state index contributed by atoms with van der Waals surface area (Å²) in [5.74, 6) is -0.843. The van der Waals surface area contributed by atoms with Crippen molar-refractivity contribution in [2.24, 2.45) is 0 Å². The predicted molar refractivity (Wildman–Crippen MR) is 58.5 cm³/mol. The third kappa shape index (κ3) is 2.10. The lowest BCUT2D eigenvalue weighted by molar-refractivity contribution is 0.0747. The number of piperidine rings is 1. The molecule has 0 aliphatic carbocycles. The largest absolute Gasteiger partial charge is 0.335 e. The van der Waals surface area contributed by atoms with Crippen LogP contribution in [-0.4, -0.2) is 28.9 Å². The van der Waals surface area contributed by atoms with Crippen molar-refractivity contribution >= 4 is 5.91 Å². The summed E-state index contributed by atoms with van der Waals surface area (Å²) in [6, 6.07) is 1.41. The predicted octanol–water partition coefficient (Wildman–Crippen LogP) is 2.01. The van der Waals surface area contributed by atoms with Crippen LogP contribution in [0.1, 0.15) is 23.2 Å². The van der Waals surface area contributed by atoms with Crippen molar-refractivity contribution in [2.75, 3.05) is 13.1 Å². The fraction of sp³-hybridized carbons (Fsp3) is 0.333. The van der Waals surface area contributed by atoms with Gasteiger partial charge in [-0.25, -0.2) is 4.39 Å². The van der Waals surface area contributed by atoms with Crippen LogP contribution >= 0.6 is 0 Å². The third-order valence-corrected chi connectivity index (χ3v) is 2.66. The topological polar surface area (TPSA) is 33.2 Å². The third-order valence-electron chi connectivity index (χ3n) is 2.66. The van der Waals surface area contributed by atoms with E-state index in [-0.39, 0.29) is 11.5 Å². The molecule has 1 fully saturated rings. The highest BCUT2D eigenvalue weighted by atomic mass is 19.1. The van der Waals surface area contributed by atoms with E-state index >= 15 is 0 Å². The zero-order chi connectivity index (χ0) is 11.5. The molecule has 1 aromatic rings. The second-order valence-corrected chi connectivity index (χ2v) is 3.94. The molecule has 1 amide bonds. The highest BCUT2D eigenvalue weighted by Gasteiger charge is 2.21. The summed E-state index contributed by atoms with van der Waals surface area (Å²) < 4.78 is 13.4. The van der Waals surface area contributed by atoms with Crippen LogP contribution in [0.25, 0.3) is 0 Å². The maximum absolute atomic E-state index is 13.4. The van der Waals surface area contributed by atoms with Gasteiger partial charge in [0.25, 0.3) is 5.91 Å². The number of hydrogen-bond acceptors (Lipinski definition) is 2. The van der Waals surface area contributed by atoms with E-state index in [2.05, 4.69) is 11.6 Å². The van der Waals surface area contributed by atoms with Crippen molar-refractivity contribution in [3.63, 3.8) is 0 Å². The molecule has 0 atom stereocenters. The van der Waals surface area contributed by atoms with Gasteiger partial charge >= 0.3 is 0 Å². The van der Waals surface area contributed by atoms with Crippen LogP contribution in [-0.2, 0) is 0 Å². The zero-order valence-electron chi connectivity index (χ0n) is 8.95.